The summed E-state index contributed by atoms with van der Waals surface area (Å²) in [4.78, 5) is 23.8. The van der Waals surface area contributed by atoms with Crippen molar-refractivity contribution >= 4 is 11.7 Å². The number of nitrogens with one attached hydrogen (secondary N) is 1. The van der Waals surface area contributed by atoms with Gasteiger partial charge in [0.25, 0.3) is 0 Å². The van der Waals surface area contributed by atoms with Crippen LogP contribution < -0.4 is 5.32 Å². The zero-order chi connectivity index (χ0) is 18.7. The molecule has 0 aromatic carbocycles. The van der Waals surface area contributed by atoms with E-state index >= 15 is 0 Å². The Balaban J connectivity index is 1.76. The molecule has 26 heavy (non-hydrogen) atoms. The number of nitrogens with zero attached hydrogens (tertiary/aromatic N) is 4. The average Bonchev–Trinajstić information content (AvgIpc) is 2.97. The monoisotopic (exact) mass is 359 g/mol. The van der Waals surface area contributed by atoms with Gasteiger partial charge in [0.05, 0.1) is 18.9 Å². The number of ether oxygens (including phenoxy) is 1. The van der Waals surface area contributed by atoms with Crippen molar-refractivity contribution in [2.24, 2.45) is 0 Å². The first-order valence-corrected chi connectivity index (χ1v) is 8.82. The average molecular weight is 359 g/mol. The number of amides is 1. The fourth-order valence-electron chi connectivity index (χ4n) is 3.22. The molecule has 3 heterocycles. The van der Waals surface area contributed by atoms with Crippen LogP contribution in [0.3, 0.4) is 0 Å². The van der Waals surface area contributed by atoms with Crippen molar-refractivity contribution in [1.82, 2.24) is 20.0 Å². The molecule has 8 heteroatoms. The van der Waals surface area contributed by atoms with Gasteiger partial charge in [-0.15, -0.1) is 0 Å². The number of hydrogen-bond donors (Lipinski definition) is 1. The summed E-state index contributed by atoms with van der Waals surface area (Å²) in [6, 6.07) is 1.60. The van der Waals surface area contributed by atoms with Crippen LogP contribution in [0.5, 0.6) is 0 Å². The number of morpholine rings is 1. The number of carbonyl (C=O) groups excluding carboxylic acids is 1. The van der Waals surface area contributed by atoms with Gasteiger partial charge in [-0.3, -0.25) is 4.79 Å². The summed E-state index contributed by atoms with van der Waals surface area (Å²) in [5, 5.41) is 6.99. The van der Waals surface area contributed by atoms with Crippen LogP contribution in [-0.4, -0.2) is 52.7 Å². The van der Waals surface area contributed by atoms with Crippen molar-refractivity contribution in [2.45, 2.75) is 39.7 Å². The predicted octanol–water partition coefficient (Wildman–Crippen LogP) is 1.96. The standard InChI is InChI=1S/C18H25N5O3/c1-11-9-16(19-4)21-18(20-11)15-10-25-8-7-23(15)17(24)6-5-14-12(2)22-26-13(14)3/h9,15H,5-8,10H2,1-4H3,(H,19,20,21)/t15-/m1/s1. The molecule has 0 bridgehead atoms. The lowest BCUT2D eigenvalue weighted by molar-refractivity contribution is -0.140. The normalized spacial score (nSPS) is 17.4. The van der Waals surface area contributed by atoms with Crippen molar-refractivity contribution in [3.05, 3.63) is 34.6 Å². The van der Waals surface area contributed by atoms with E-state index in [1.54, 1.807) is 0 Å². The number of anilines is 1. The highest BCUT2D eigenvalue weighted by molar-refractivity contribution is 5.77. The fourth-order valence-corrected chi connectivity index (χ4v) is 3.22. The molecule has 0 radical (unpaired) electrons. The lowest BCUT2D eigenvalue weighted by Crippen LogP contribution is -2.44. The van der Waals surface area contributed by atoms with E-state index in [9.17, 15) is 4.79 Å². The molecule has 8 nitrogen and oxygen atoms in total. The minimum Gasteiger partial charge on any atom is -0.377 e. The maximum Gasteiger partial charge on any atom is 0.223 e. The first-order chi connectivity index (χ1) is 12.5. The molecular weight excluding hydrogens is 334 g/mol. The van der Waals surface area contributed by atoms with Crippen LogP contribution in [0.25, 0.3) is 0 Å². The summed E-state index contributed by atoms with van der Waals surface area (Å²) < 4.78 is 10.8. The Morgan fingerprint density at radius 3 is 2.85 bits per heavy atom. The van der Waals surface area contributed by atoms with Crippen molar-refractivity contribution < 1.29 is 14.1 Å². The zero-order valence-electron chi connectivity index (χ0n) is 15.7. The molecular formula is C18H25N5O3. The molecule has 2 aromatic rings. The second kappa shape index (κ2) is 7.82. The lowest BCUT2D eigenvalue weighted by atomic mass is 10.1. The van der Waals surface area contributed by atoms with E-state index in [1.165, 1.54) is 0 Å². The Morgan fingerprint density at radius 2 is 2.15 bits per heavy atom. The molecule has 1 saturated heterocycles. The Labute approximate surface area is 152 Å². The predicted molar refractivity (Wildman–Crippen MR) is 95.9 cm³/mol. The van der Waals surface area contributed by atoms with Crippen LogP contribution in [0.1, 0.15) is 41.0 Å². The van der Waals surface area contributed by atoms with Gasteiger partial charge in [-0.1, -0.05) is 5.16 Å². The molecule has 2 aromatic heterocycles. The van der Waals surface area contributed by atoms with Crippen molar-refractivity contribution in [1.29, 1.82) is 0 Å². The highest BCUT2D eigenvalue weighted by atomic mass is 16.5. The second-order valence-corrected chi connectivity index (χ2v) is 6.48. The van der Waals surface area contributed by atoms with Crippen LogP contribution in [0, 0.1) is 20.8 Å². The van der Waals surface area contributed by atoms with E-state index in [0.29, 0.717) is 38.4 Å². The minimum absolute atomic E-state index is 0.0643. The highest BCUT2D eigenvalue weighted by Gasteiger charge is 2.31. The van der Waals surface area contributed by atoms with Gasteiger partial charge in [0.1, 0.15) is 17.6 Å². The summed E-state index contributed by atoms with van der Waals surface area (Å²) >= 11 is 0. The maximum absolute atomic E-state index is 12.9. The van der Waals surface area contributed by atoms with E-state index in [2.05, 4.69) is 20.4 Å². The molecule has 1 aliphatic rings. The molecule has 1 aliphatic heterocycles. The largest absolute Gasteiger partial charge is 0.377 e. The second-order valence-electron chi connectivity index (χ2n) is 6.48. The molecule has 1 amide bonds. The summed E-state index contributed by atoms with van der Waals surface area (Å²) in [6.07, 6.45) is 1.00. The van der Waals surface area contributed by atoms with Gasteiger partial charge in [-0.2, -0.15) is 0 Å². The third-order valence-electron chi connectivity index (χ3n) is 4.64. The Kier molecular flexibility index (Phi) is 5.51. The van der Waals surface area contributed by atoms with Crippen LogP contribution >= 0.6 is 0 Å². The number of carbonyl (C=O) groups is 1. The molecule has 140 valence electrons. The van der Waals surface area contributed by atoms with Gasteiger partial charge in [-0.25, -0.2) is 9.97 Å². The first kappa shape index (κ1) is 18.3. The number of hydrogen-bond acceptors (Lipinski definition) is 7. The van der Waals surface area contributed by atoms with Crippen LogP contribution in [-0.2, 0) is 16.0 Å². The zero-order valence-corrected chi connectivity index (χ0v) is 15.7. The summed E-state index contributed by atoms with van der Waals surface area (Å²) in [6.45, 7) is 7.16. The third-order valence-corrected chi connectivity index (χ3v) is 4.64. The number of aromatic nitrogens is 3. The summed E-state index contributed by atoms with van der Waals surface area (Å²) in [7, 11) is 1.81. The number of aryl methyl sites for hydroxylation is 3. The molecule has 0 saturated carbocycles. The molecule has 0 spiro atoms. The Hall–Kier alpha value is -2.48. The van der Waals surface area contributed by atoms with E-state index in [-0.39, 0.29) is 11.9 Å². The van der Waals surface area contributed by atoms with Gasteiger partial charge in [0.2, 0.25) is 5.91 Å². The molecule has 3 rings (SSSR count). The van der Waals surface area contributed by atoms with Crippen molar-refractivity contribution in [3.8, 4) is 0 Å². The van der Waals surface area contributed by atoms with Crippen molar-refractivity contribution in [3.63, 3.8) is 0 Å². The van der Waals surface area contributed by atoms with E-state index in [4.69, 9.17) is 9.26 Å². The van der Waals surface area contributed by atoms with Crippen molar-refractivity contribution in [2.75, 3.05) is 32.1 Å². The molecule has 1 fully saturated rings. The topological polar surface area (TPSA) is 93.4 Å². The van der Waals surface area contributed by atoms with Crippen LogP contribution in [0.2, 0.25) is 0 Å². The van der Waals surface area contributed by atoms with E-state index < -0.39 is 0 Å². The third kappa shape index (κ3) is 3.85. The molecule has 1 atom stereocenters. The van der Waals surface area contributed by atoms with E-state index in [0.717, 1.165) is 28.5 Å². The van der Waals surface area contributed by atoms with Gasteiger partial charge in [-0.05, 0) is 27.2 Å². The van der Waals surface area contributed by atoms with E-state index in [1.807, 2.05) is 38.8 Å². The molecule has 1 N–H and O–H groups in total. The summed E-state index contributed by atoms with van der Waals surface area (Å²) in [5.41, 5.74) is 2.70. The van der Waals surface area contributed by atoms with Crippen LogP contribution in [0.4, 0.5) is 5.82 Å². The quantitative estimate of drug-likeness (QED) is 0.872. The summed E-state index contributed by atoms with van der Waals surface area (Å²) in [5.74, 6) is 2.19. The fraction of sp³-hybridized carbons (Fsp3) is 0.556. The van der Waals surface area contributed by atoms with Gasteiger partial charge < -0.3 is 19.5 Å². The lowest BCUT2D eigenvalue weighted by Gasteiger charge is -2.35. The SMILES string of the molecule is CNc1cc(C)nc([C@H]2COCCN2C(=O)CCc2c(C)noc2C)n1. The van der Waals surface area contributed by atoms with Gasteiger partial charge in [0.15, 0.2) is 5.82 Å². The Morgan fingerprint density at radius 1 is 1.35 bits per heavy atom. The Bertz CT molecular complexity index is 770. The minimum atomic E-state index is -0.270. The number of rotatable bonds is 5. The smallest absolute Gasteiger partial charge is 0.223 e. The highest BCUT2D eigenvalue weighted by Crippen LogP contribution is 2.24. The molecule has 0 unspecified atom stereocenters. The molecule has 0 aliphatic carbocycles. The van der Waals surface area contributed by atoms with Gasteiger partial charge >= 0.3 is 0 Å². The maximum atomic E-state index is 12.9. The van der Waals surface area contributed by atoms with Gasteiger partial charge in [0, 0.05) is 37.3 Å². The first-order valence-electron chi connectivity index (χ1n) is 8.82. The van der Waals surface area contributed by atoms with Crippen LogP contribution in [0.15, 0.2) is 10.6 Å².